The predicted molar refractivity (Wildman–Crippen MR) is 37.7 cm³/mol. The predicted octanol–water partition coefficient (Wildman–Crippen LogP) is -0.426. The van der Waals surface area contributed by atoms with Crippen molar-refractivity contribution in [2.45, 2.75) is 4.90 Å². The van der Waals surface area contributed by atoms with Crippen LogP contribution in [0.25, 0.3) is 0 Å². The number of rotatable bonds is 1. The second kappa shape index (κ2) is 4.99. The summed E-state index contributed by atoms with van der Waals surface area (Å²) in [5.74, 6) is 0. The van der Waals surface area contributed by atoms with Crippen LogP contribution in [0, 0.1) is 6.26 Å². The number of hydrogen-bond acceptors (Lipinski definition) is 1. The fraction of sp³-hybridized carbons (Fsp3) is 0. The van der Waals surface area contributed by atoms with E-state index in [1.165, 1.54) is 16.7 Å². The molecule has 0 aromatic heterocycles. The van der Waals surface area contributed by atoms with Gasteiger partial charge in [0.1, 0.15) is 0 Å². The third-order valence-electron chi connectivity index (χ3n) is 0.910. The van der Waals surface area contributed by atoms with E-state index >= 15 is 0 Å². The van der Waals surface area contributed by atoms with Crippen molar-refractivity contribution in [3.8, 4) is 0 Å². The SMILES string of the molecule is [CH2-]Sc1ccccc1.[Li+]. The van der Waals surface area contributed by atoms with Gasteiger partial charge in [0, 0.05) is 0 Å². The molecule has 0 N–H and O–H groups in total. The first-order valence-corrected chi connectivity index (χ1v) is 3.39. The van der Waals surface area contributed by atoms with Gasteiger partial charge < -0.3 is 11.8 Å². The molecule has 0 aliphatic carbocycles. The van der Waals surface area contributed by atoms with Crippen LogP contribution in [-0.4, -0.2) is 0 Å². The van der Waals surface area contributed by atoms with Crippen molar-refractivity contribution in [2.75, 3.05) is 0 Å². The third kappa shape index (κ3) is 3.01. The van der Waals surface area contributed by atoms with Gasteiger partial charge in [-0.15, -0.1) is 0 Å². The third-order valence-corrected chi connectivity index (χ3v) is 1.52. The van der Waals surface area contributed by atoms with Gasteiger partial charge in [0.05, 0.1) is 0 Å². The molecule has 0 aliphatic heterocycles. The van der Waals surface area contributed by atoms with Crippen LogP contribution in [0.2, 0.25) is 0 Å². The van der Waals surface area contributed by atoms with E-state index < -0.39 is 0 Å². The maximum Gasteiger partial charge on any atom is 1.00 e. The Morgan fingerprint density at radius 3 is 2.00 bits per heavy atom. The van der Waals surface area contributed by atoms with Gasteiger partial charge in [-0.05, 0) is 4.90 Å². The molecule has 0 unspecified atom stereocenters. The Morgan fingerprint density at radius 2 is 1.67 bits per heavy atom. The molecule has 2 heteroatoms. The van der Waals surface area contributed by atoms with Crippen molar-refractivity contribution < 1.29 is 18.9 Å². The molecule has 0 atom stereocenters. The molecule has 0 nitrogen and oxygen atoms in total. The summed E-state index contributed by atoms with van der Waals surface area (Å²) >= 11 is 1.52. The van der Waals surface area contributed by atoms with E-state index in [2.05, 4.69) is 6.26 Å². The molecule has 0 amide bonds. The molecular weight excluding hydrogens is 123 g/mol. The van der Waals surface area contributed by atoms with Gasteiger partial charge >= 0.3 is 18.9 Å². The molecular formula is C7H7LiS. The summed E-state index contributed by atoms with van der Waals surface area (Å²) < 4.78 is 0. The second-order valence-corrected chi connectivity index (χ2v) is 2.22. The van der Waals surface area contributed by atoms with E-state index in [-0.39, 0.29) is 18.9 Å². The van der Waals surface area contributed by atoms with Crippen LogP contribution in [0.15, 0.2) is 35.2 Å². The summed E-state index contributed by atoms with van der Waals surface area (Å²) in [6.45, 7) is 0. The zero-order valence-electron chi connectivity index (χ0n) is 5.50. The van der Waals surface area contributed by atoms with E-state index in [0.29, 0.717) is 0 Å². The zero-order valence-corrected chi connectivity index (χ0v) is 6.32. The van der Waals surface area contributed by atoms with Crippen LogP contribution in [0.1, 0.15) is 0 Å². The Hall–Kier alpha value is 0.167. The molecule has 1 aromatic rings. The van der Waals surface area contributed by atoms with Gasteiger partial charge in [-0.2, -0.15) is 0 Å². The second-order valence-electron chi connectivity index (χ2n) is 1.46. The maximum atomic E-state index is 3.67. The largest absolute Gasteiger partial charge is 1.00 e. The van der Waals surface area contributed by atoms with Crippen LogP contribution < -0.4 is 18.9 Å². The molecule has 0 fully saturated rings. The number of hydrogen-bond donors (Lipinski definition) is 0. The summed E-state index contributed by atoms with van der Waals surface area (Å²) in [7, 11) is 0. The van der Waals surface area contributed by atoms with Crippen LogP contribution >= 0.6 is 11.8 Å². The Kier molecular flexibility index (Phi) is 5.09. The first-order chi connectivity index (χ1) is 3.93. The molecule has 0 spiro atoms. The van der Waals surface area contributed by atoms with Gasteiger partial charge in [-0.3, -0.25) is 6.26 Å². The summed E-state index contributed by atoms with van der Waals surface area (Å²) in [6.07, 6.45) is 3.67. The van der Waals surface area contributed by atoms with Crippen molar-refractivity contribution >= 4 is 11.8 Å². The van der Waals surface area contributed by atoms with Gasteiger partial charge in [0.25, 0.3) is 0 Å². The zero-order chi connectivity index (χ0) is 5.82. The normalized spacial score (nSPS) is 8.11. The summed E-state index contributed by atoms with van der Waals surface area (Å²) in [6, 6.07) is 10.1. The summed E-state index contributed by atoms with van der Waals surface area (Å²) in [5.41, 5.74) is 0. The van der Waals surface area contributed by atoms with Gasteiger partial charge in [-0.25, -0.2) is 0 Å². The average Bonchev–Trinajstić information content (AvgIpc) is 1.90. The minimum absolute atomic E-state index is 0. The van der Waals surface area contributed by atoms with E-state index in [1.54, 1.807) is 0 Å². The molecule has 0 saturated heterocycles. The Morgan fingerprint density at radius 1 is 1.11 bits per heavy atom. The van der Waals surface area contributed by atoms with Crippen molar-refractivity contribution in [1.29, 1.82) is 0 Å². The molecule has 1 aromatic carbocycles. The molecule has 0 bridgehead atoms. The molecule has 0 heterocycles. The van der Waals surface area contributed by atoms with Crippen LogP contribution in [0.5, 0.6) is 0 Å². The van der Waals surface area contributed by atoms with Crippen LogP contribution in [0.3, 0.4) is 0 Å². The van der Waals surface area contributed by atoms with Crippen molar-refractivity contribution in [1.82, 2.24) is 0 Å². The summed E-state index contributed by atoms with van der Waals surface area (Å²) in [5, 5.41) is 0. The van der Waals surface area contributed by atoms with Gasteiger partial charge in [0.15, 0.2) is 0 Å². The van der Waals surface area contributed by atoms with Crippen molar-refractivity contribution in [2.24, 2.45) is 0 Å². The van der Waals surface area contributed by atoms with Crippen LogP contribution in [-0.2, 0) is 0 Å². The van der Waals surface area contributed by atoms with E-state index in [9.17, 15) is 0 Å². The van der Waals surface area contributed by atoms with E-state index in [0.717, 1.165) is 0 Å². The van der Waals surface area contributed by atoms with E-state index in [1.807, 2.05) is 30.3 Å². The summed E-state index contributed by atoms with van der Waals surface area (Å²) in [4.78, 5) is 1.22. The molecule has 42 valence electrons. The fourth-order valence-corrected chi connectivity index (χ4v) is 0.866. The fourth-order valence-electron chi connectivity index (χ4n) is 0.517. The average molecular weight is 130 g/mol. The topological polar surface area (TPSA) is 0 Å². The molecule has 0 radical (unpaired) electrons. The Balaban J connectivity index is 0.000000640. The Labute approximate surface area is 72.2 Å². The minimum Gasteiger partial charge on any atom is -0.319 e. The van der Waals surface area contributed by atoms with E-state index in [4.69, 9.17) is 0 Å². The number of benzene rings is 1. The van der Waals surface area contributed by atoms with Gasteiger partial charge in [-0.1, -0.05) is 30.3 Å². The first-order valence-electron chi connectivity index (χ1n) is 2.40. The van der Waals surface area contributed by atoms with Crippen LogP contribution in [0.4, 0.5) is 0 Å². The first kappa shape index (κ1) is 9.17. The van der Waals surface area contributed by atoms with Crippen molar-refractivity contribution in [3.63, 3.8) is 0 Å². The van der Waals surface area contributed by atoms with Crippen molar-refractivity contribution in [3.05, 3.63) is 36.6 Å². The Bertz CT molecular complexity index is 150. The molecule has 0 saturated carbocycles. The quantitative estimate of drug-likeness (QED) is 0.282. The molecule has 1 rings (SSSR count). The standard InChI is InChI=1S/C7H7S.Li/c1-8-7-5-3-2-4-6-7;/h2-6H,1H2;/q-1;+1. The van der Waals surface area contributed by atoms with Gasteiger partial charge in [0.2, 0.25) is 0 Å². The molecule has 9 heavy (non-hydrogen) atoms. The minimum atomic E-state index is 0. The smallest absolute Gasteiger partial charge is 0.319 e. The monoisotopic (exact) mass is 130 g/mol. The molecule has 0 aliphatic rings. The number of thioether (sulfide) groups is 1. The maximum absolute atomic E-state index is 3.67.